The number of nitrogens with zero attached hydrogens (tertiary/aromatic N) is 6. The van der Waals surface area contributed by atoms with E-state index in [9.17, 15) is 26.8 Å². The van der Waals surface area contributed by atoms with Crippen LogP contribution in [0.25, 0.3) is 28.0 Å². The van der Waals surface area contributed by atoms with E-state index in [2.05, 4.69) is 21.5 Å². The Hall–Kier alpha value is -4.23. The van der Waals surface area contributed by atoms with E-state index in [0.29, 0.717) is 13.1 Å². The van der Waals surface area contributed by atoms with Gasteiger partial charge in [0.05, 0.1) is 27.4 Å². The zero-order chi connectivity index (χ0) is 29.6. The second kappa shape index (κ2) is 10.6. The summed E-state index contributed by atoms with van der Waals surface area (Å²) in [5.74, 6) is -1.94. The van der Waals surface area contributed by atoms with E-state index in [1.807, 2.05) is 6.92 Å². The Morgan fingerprint density at radius 2 is 1.85 bits per heavy atom. The highest BCUT2D eigenvalue weighted by molar-refractivity contribution is 7.90. The molecule has 1 aliphatic heterocycles. The topological polar surface area (TPSA) is 118 Å². The van der Waals surface area contributed by atoms with Gasteiger partial charge in [0.15, 0.2) is 20.5 Å². The Bertz CT molecular complexity index is 1880. The molecule has 212 valence electrons. The predicted octanol–water partition coefficient (Wildman–Crippen LogP) is 3.40. The van der Waals surface area contributed by atoms with Gasteiger partial charge in [-0.2, -0.15) is 4.98 Å². The number of benzene rings is 1. The van der Waals surface area contributed by atoms with Gasteiger partial charge in [0.2, 0.25) is 5.91 Å². The molecule has 1 saturated heterocycles. The van der Waals surface area contributed by atoms with E-state index in [0.717, 1.165) is 23.0 Å². The highest BCUT2D eigenvalue weighted by Gasteiger charge is 2.31. The molecule has 4 aromatic rings. The maximum absolute atomic E-state index is 14.8. The van der Waals surface area contributed by atoms with Crippen molar-refractivity contribution < 1.29 is 22.0 Å². The number of amides is 1. The molecule has 0 unspecified atom stereocenters. The Balaban J connectivity index is 1.83. The minimum absolute atomic E-state index is 0.127. The second-order valence-corrected chi connectivity index (χ2v) is 11.8. The maximum Gasteiger partial charge on any atom is 0.355 e. The molecule has 1 atom stereocenters. The average molecular weight is 601 g/mol. The number of rotatable bonds is 5. The number of carbonyl (C=O) groups excluding carboxylic acids is 1. The molecule has 1 aliphatic rings. The molecule has 10 nitrogen and oxygen atoms in total. The van der Waals surface area contributed by atoms with Gasteiger partial charge in [0.1, 0.15) is 17.5 Å². The number of pyridine rings is 2. The number of hydrogen-bond donors (Lipinski definition) is 0. The van der Waals surface area contributed by atoms with E-state index < -0.39 is 37.8 Å². The van der Waals surface area contributed by atoms with E-state index in [4.69, 9.17) is 11.6 Å². The molecule has 41 heavy (non-hydrogen) atoms. The quantitative estimate of drug-likeness (QED) is 0.320. The van der Waals surface area contributed by atoms with Crippen molar-refractivity contribution in [2.45, 2.75) is 18.0 Å². The molecular weight excluding hydrogens is 578 g/mol. The van der Waals surface area contributed by atoms with Crippen LogP contribution in [0.1, 0.15) is 6.92 Å². The molecule has 1 amide bonds. The van der Waals surface area contributed by atoms with Gasteiger partial charge in [-0.1, -0.05) is 24.2 Å². The van der Waals surface area contributed by atoms with Crippen molar-refractivity contribution in [3.8, 4) is 16.9 Å². The monoisotopic (exact) mass is 600 g/mol. The van der Waals surface area contributed by atoms with Gasteiger partial charge in [-0.3, -0.25) is 4.79 Å². The largest absolute Gasteiger partial charge is 0.355 e. The van der Waals surface area contributed by atoms with E-state index in [-0.39, 0.29) is 51.7 Å². The number of halogens is 3. The Morgan fingerprint density at radius 1 is 1.15 bits per heavy atom. The van der Waals surface area contributed by atoms with E-state index in [1.54, 1.807) is 9.80 Å². The summed E-state index contributed by atoms with van der Waals surface area (Å²) in [6.45, 7) is 6.26. The minimum atomic E-state index is -3.94. The van der Waals surface area contributed by atoms with Crippen LogP contribution in [0.5, 0.6) is 0 Å². The van der Waals surface area contributed by atoms with Crippen LogP contribution in [-0.4, -0.2) is 70.7 Å². The number of aromatic nitrogens is 4. The van der Waals surface area contributed by atoms with E-state index >= 15 is 0 Å². The summed E-state index contributed by atoms with van der Waals surface area (Å²) in [6.07, 6.45) is 3.41. The molecule has 0 N–H and O–H groups in total. The molecule has 0 bridgehead atoms. The van der Waals surface area contributed by atoms with Crippen molar-refractivity contribution in [2.75, 3.05) is 30.8 Å². The Labute approximate surface area is 238 Å². The van der Waals surface area contributed by atoms with Crippen LogP contribution < -0.4 is 10.6 Å². The third kappa shape index (κ3) is 5.06. The number of hydrogen-bond acceptors (Lipinski definition) is 8. The first-order valence-corrected chi connectivity index (χ1v) is 14.6. The normalized spacial score (nSPS) is 15.8. The summed E-state index contributed by atoms with van der Waals surface area (Å²) < 4.78 is 55.8. The smallest absolute Gasteiger partial charge is 0.350 e. The van der Waals surface area contributed by atoms with Crippen molar-refractivity contribution in [2.24, 2.45) is 0 Å². The van der Waals surface area contributed by atoms with Crippen molar-refractivity contribution in [3.05, 3.63) is 82.4 Å². The molecule has 1 fully saturated rings. The van der Waals surface area contributed by atoms with Gasteiger partial charge in [0, 0.05) is 38.1 Å². The van der Waals surface area contributed by atoms with Gasteiger partial charge in [-0.15, -0.1) is 0 Å². The predicted molar refractivity (Wildman–Crippen MR) is 150 cm³/mol. The van der Waals surface area contributed by atoms with Crippen LogP contribution in [-0.2, 0) is 14.6 Å². The number of fused-ring (bicyclic) bond motifs is 1. The van der Waals surface area contributed by atoms with Crippen molar-refractivity contribution in [1.82, 2.24) is 24.4 Å². The fourth-order valence-electron chi connectivity index (χ4n) is 4.88. The zero-order valence-corrected chi connectivity index (χ0v) is 23.5. The number of sulfone groups is 1. The lowest BCUT2D eigenvalue weighted by Gasteiger charge is -2.40. The summed E-state index contributed by atoms with van der Waals surface area (Å²) in [4.78, 5) is 41.9. The van der Waals surface area contributed by atoms with Crippen LogP contribution in [0.4, 0.5) is 14.6 Å². The average Bonchev–Trinajstić information content (AvgIpc) is 2.92. The van der Waals surface area contributed by atoms with Gasteiger partial charge >= 0.3 is 5.69 Å². The maximum atomic E-state index is 14.8. The standard InChI is InChI=1S/C27H23ClF2N6O4S/c1-4-21(37)34-11-12-35(15(2)14-34)24-16-13-17(28)23(22-18(29)7-5-8-19(22)30)32-25(16)36(27(38)33-24)20-9-6-10-31-26(20)41(3,39)40/h4-10,13,15H,1,11-12,14H2,2-3H3/t15-/m0/s1. The summed E-state index contributed by atoms with van der Waals surface area (Å²) in [7, 11) is -3.94. The molecule has 0 spiro atoms. The van der Waals surface area contributed by atoms with Crippen molar-refractivity contribution >= 4 is 44.2 Å². The Morgan fingerprint density at radius 3 is 2.49 bits per heavy atom. The van der Waals surface area contributed by atoms with Crippen LogP contribution in [0, 0.1) is 11.6 Å². The lowest BCUT2D eigenvalue weighted by atomic mass is 10.1. The number of piperazine rings is 1. The fourth-order valence-corrected chi connectivity index (χ4v) is 5.92. The lowest BCUT2D eigenvalue weighted by molar-refractivity contribution is -0.126. The minimum Gasteiger partial charge on any atom is -0.350 e. The van der Waals surface area contributed by atoms with Crippen molar-refractivity contribution in [3.63, 3.8) is 0 Å². The first-order valence-electron chi connectivity index (χ1n) is 12.3. The fraction of sp³-hybridized carbons (Fsp3) is 0.222. The van der Waals surface area contributed by atoms with Gasteiger partial charge in [0.25, 0.3) is 0 Å². The van der Waals surface area contributed by atoms with Gasteiger partial charge in [-0.25, -0.2) is 36.5 Å². The molecule has 0 saturated carbocycles. The zero-order valence-electron chi connectivity index (χ0n) is 21.9. The molecule has 14 heteroatoms. The van der Waals surface area contributed by atoms with Gasteiger partial charge in [-0.05, 0) is 43.3 Å². The summed E-state index contributed by atoms with van der Waals surface area (Å²) in [5, 5.41) is -0.329. The molecule has 1 aromatic carbocycles. The summed E-state index contributed by atoms with van der Waals surface area (Å²) in [6, 6.07) is 7.13. The SMILES string of the molecule is C=CC(=O)N1CCN(c2nc(=O)n(-c3cccnc3S(C)(=O)=O)c3nc(-c4c(F)cccc4F)c(Cl)cc23)[C@@H](C)C1. The molecule has 4 heterocycles. The molecular formula is C27H23ClF2N6O4S. The first kappa shape index (κ1) is 28.3. The van der Waals surface area contributed by atoms with Crippen LogP contribution in [0.2, 0.25) is 5.02 Å². The summed E-state index contributed by atoms with van der Waals surface area (Å²) in [5.41, 5.74) is -2.00. The molecule has 5 rings (SSSR count). The molecule has 0 aliphatic carbocycles. The highest BCUT2D eigenvalue weighted by Crippen LogP contribution is 2.36. The lowest BCUT2D eigenvalue weighted by Crippen LogP contribution is -2.54. The van der Waals surface area contributed by atoms with Crippen molar-refractivity contribution in [1.29, 1.82) is 0 Å². The van der Waals surface area contributed by atoms with Crippen LogP contribution >= 0.6 is 11.6 Å². The summed E-state index contributed by atoms with van der Waals surface area (Å²) >= 11 is 6.55. The molecule has 3 aromatic heterocycles. The van der Waals surface area contributed by atoms with E-state index in [1.165, 1.54) is 36.5 Å². The second-order valence-electron chi connectivity index (χ2n) is 9.47. The highest BCUT2D eigenvalue weighted by atomic mass is 35.5. The first-order chi connectivity index (χ1) is 19.4. The third-order valence-electron chi connectivity index (χ3n) is 6.73. The molecule has 0 radical (unpaired) electrons. The Kier molecular flexibility index (Phi) is 7.34. The number of carbonyl (C=O) groups is 1. The van der Waals surface area contributed by atoms with Crippen LogP contribution in [0.15, 0.2) is 65.1 Å². The number of anilines is 1. The third-order valence-corrected chi connectivity index (χ3v) is 8.04. The van der Waals surface area contributed by atoms with Crippen LogP contribution in [0.3, 0.4) is 0 Å². The van der Waals surface area contributed by atoms with Gasteiger partial charge < -0.3 is 9.80 Å².